The van der Waals surface area contributed by atoms with Gasteiger partial charge >= 0.3 is 18.0 Å². The van der Waals surface area contributed by atoms with Crippen LogP contribution in [0.2, 0.25) is 0 Å². The number of anilines is 1. The van der Waals surface area contributed by atoms with Crippen molar-refractivity contribution in [1.29, 1.82) is 0 Å². The molecule has 2 aromatic rings. The van der Waals surface area contributed by atoms with E-state index in [0.29, 0.717) is 26.1 Å². The van der Waals surface area contributed by atoms with Crippen LogP contribution in [0.25, 0.3) is 0 Å². The van der Waals surface area contributed by atoms with Crippen LogP contribution < -0.4 is 10.6 Å². The highest BCUT2D eigenvalue weighted by Crippen LogP contribution is 2.36. The van der Waals surface area contributed by atoms with Gasteiger partial charge in [-0.25, -0.2) is 0 Å². The van der Waals surface area contributed by atoms with Crippen LogP contribution in [0.3, 0.4) is 0 Å². The van der Waals surface area contributed by atoms with Crippen molar-refractivity contribution in [1.82, 2.24) is 5.32 Å². The number of carbonyl (C=O) groups excluding carboxylic acids is 2. The summed E-state index contributed by atoms with van der Waals surface area (Å²) in [6.45, 7) is 1.29. The number of ether oxygens (including phenoxy) is 1. The maximum atomic E-state index is 13.0. The lowest BCUT2D eigenvalue weighted by molar-refractivity contribution is -0.138. The average Bonchev–Trinajstić information content (AvgIpc) is 3.22. The summed E-state index contributed by atoms with van der Waals surface area (Å²) in [5.74, 6) is -2.11. The largest absolute Gasteiger partial charge is 0.418 e. The Kier molecular flexibility index (Phi) is 6.04. The molecule has 2 amide bonds. The molecular formula is C19H19F3N2O3S. The second-order valence-electron chi connectivity index (χ2n) is 6.58. The zero-order valence-electron chi connectivity index (χ0n) is 14.8. The minimum absolute atomic E-state index is 0.209. The minimum atomic E-state index is -4.63. The van der Waals surface area contributed by atoms with Gasteiger partial charge in [0.1, 0.15) is 0 Å². The first kappa shape index (κ1) is 20.3. The smallest absolute Gasteiger partial charge is 0.381 e. The third-order valence-corrected chi connectivity index (χ3v) is 5.54. The van der Waals surface area contributed by atoms with Gasteiger partial charge in [0.2, 0.25) is 0 Å². The maximum Gasteiger partial charge on any atom is 0.418 e. The third-order valence-electron chi connectivity index (χ3n) is 4.86. The van der Waals surface area contributed by atoms with E-state index in [0.717, 1.165) is 17.7 Å². The fraction of sp³-hybridized carbons (Fsp3) is 0.368. The van der Waals surface area contributed by atoms with Crippen LogP contribution in [-0.4, -0.2) is 31.6 Å². The molecule has 1 saturated heterocycles. The summed E-state index contributed by atoms with van der Waals surface area (Å²) in [7, 11) is 0. The number of nitrogens with one attached hydrogen (secondary N) is 2. The van der Waals surface area contributed by atoms with Crippen molar-refractivity contribution in [2.45, 2.75) is 24.4 Å². The van der Waals surface area contributed by atoms with E-state index in [1.807, 2.05) is 16.8 Å². The molecule has 5 nitrogen and oxygen atoms in total. The molecule has 1 aromatic heterocycles. The van der Waals surface area contributed by atoms with Crippen molar-refractivity contribution in [2.24, 2.45) is 0 Å². The highest BCUT2D eigenvalue weighted by Gasteiger charge is 2.36. The van der Waals surface area contributed by atoms with E-state index in [1.54, 1.807) is 0 Å². The van der Waals surface area contributed by atoms with Crippen LogP contribution in [0.15, 0.2) is 41.1 Å². The first-order chi connectivity index (χ1) is 13.3. The van der Waals surface area contributed by atoms with Crippen molar-refractivity contribution in [2.75, 3.05) is 25.1 Å². The Labute approximate surface area is 163 Å². The standard InChI is InChI=1S/C19H19F3N2O3S/c20-19(21,22)14-3-1-2-4-15(14)24-17(26)16(25)23-12-18(6-8-27-9-7-18)13-5-10-28-11-13/h1-5,10-11H,6-9,12H2,(H,23,25)(H,24,26). The molecule has 0 radical (unpaired) electrons. The van der Waals surface area contributed by atoms with Crippen LogP contribution >= 0.6 is 11.3 Å². The molecule has 150 valence electrons. The van der Waals surface area contributed by atoms with Gasteiger partial charge in [-0.1, -0.05) is 12.1 Å². The molecule has 1 aliphatic rings. The van der Waals surface area contributed by atoms with E-state index >= 15 is 0 Å². The van der Waals surface area contributed by atoms with Gasteiger partial charge < -0.3 is 15.4 Å². The quantitative estimate of drug-likeness (QED) is 0.755. The van der Waals surface area contributed by atoms with Crippen LogP contribution in [0.1, 0.15) is 24.0 Å². The number of thiophene rings is 1. The highest BCUT2D eigenvalue weighted by molar-refractivity contribution is 7.08. The molecule has 0 saturated carbocycles. The maximum absolute atomic E-state index is 13.0. The molecule has 0 unspecified atom stereocenters. The second-order valence-corrected chi connectivity index (χ2v) is 7.36. The molecule has 0 aliphatic carbocycles. The van der Waals surface area contributed by atoms with E-state index in [-0.39, 0.29) is 12.0 Å². The van der Waals surface area contributed by atoms with Gasteiger partial charge in [-0.2, -0.15) is 24.5 Å². The molecule has 1 aliphatic heterocycles. The van der Waals surface area contributed by atoms with Gasteiger partial charge in [-0.3, -0.25) is 9.59 Å². The van der Waals surface area contributed by atoms with Gasteiger partial charge in [-0.05, 0) is 47.4 Å². The molecule has 1 fully saturated rings. The molecule has 0 atom stereocenters. The van der Waals surface area contributed by atoms with E-state index in [1.165, 1.54) is 23.5 Å². The number of benzene rings is 1. The van der Waals surface area contributed by atoms with E-state index < -0.39 is 29.2 Å². The zero-order valence-corrected chi connectivity index (χ0v) is 15.7. The van der Waals surface area contributed by atoms with Crippen molar-refractivity contribution < 1.29 is 27.5 Å². The Hall–Kier alpha value is -2.39. The fourth-order valence-electron chi connectivity index (χ4n) is 3.24. The van der Waals surface area contributed by atoms with Gasteiger partial charge in [0, 0.05) is 25.2 Å². The summed E-state index contributed by atoms with van der Waals surface area (Å²) in [6, 6.07) is 6.51. The molecule has 1 aromatic carbocycles. The summed E-state index contributed by atoms with van der Waals surface area (Å²) in [6.07, 6.45) is -3.27. The van der Waals surface area contributed by atoms with Crippen LogP contribution in [0.4, 0.5) is 18.9 Å². The van der Waals surface area contributed by atoms with Gasteiger partial charge in [-0.15, -0.1) is 0 Å². The van der Waals surface area contributed by atoms with Crippen LogP contribution in [0, 0.1) is 0 Å². The number of hydrogen-bond acceptors (Lipinski definition) is 4. The number of halogens is 3. The Bertz CT molecular complexity index is 831. The lowest BCUT2D eigenvalue weighted by Gasteiger charge is -2.37. The predicted molar refractivity (Wildman–Crippen MR) is 99.1 cm³/mol. The molecule has 28 heavy (non-hydrogen) atoms. The van der Waals surface area contributed by atoms with E-state index in [4.69, 9.17) is 4.74 Å². The van der Waals surface area contributed by atoms with Gasteiger partial charge in [0.25, 0.3) is 0 Å². The number of amides is 2. The van der Waals surface area contributed by atoms with Gasteiger partial charge in [0.15, 0.2) is 0 Å². The van der Waals surface area contributed by atoms with Crippen molar-refractivity contribution in [3.8, 4) is 0 Å². The summed E-state index contributed by atoms with van der Waals surface area (Å²) >= 11 is 1.54. The molecule has 0 bridgehead atoms. The van der Waals surface area contributed by atoms with Crippen molar-refractivity contribution in [3.63, 3.8) is 0 Å². The topological polar surface area (TPSA) is 67.4 Å². The van der Waals surface area contributed by atoms with Gasteiger partial charge in [0.05, 0.1) is 11.3 Å². The minimum Gasteiger partial charge on any atom is -0.381 e. The number of rotatable bonds is 4. The number of alkyl halides is 3. The number of para-hydroxylation sites is 1. The van der Waals surface area contributed by atoms with E-state index in [9.17, 15) is 22.8 Å². The van der Waals surface area contributed by atoms with Crippen LogP contribution in [0.5, 0.6) is 0 Å². The van der Waals surface area contributed by atoms with Crippen molar-refractivity contribution >= 4 is 28.8 Å². The SMILES string of the molecule is O=C(NCC1(c2ccsc2)CCOCC1)C(=O)Nc1ccccc1C(F)(F)F. The summed E-state index contributed by atoms with van der Waals surface area (Å²) < 4.78 is 44.5. The Morgan fingerprint density at radius 1 is 1.11 bits per heavy atom. The monoisotopic (exact) mass is 412 g/mol. The lowest BCUT2D eigenvalue weighted by Crippen LogP contribution is -2.47. The molecule has 0 spiro atoms. The fourth-order valence-corrected chi connectivity index (χ4v) is 4.02. The average molecular weight is 412 g/mol. The van der Waals surface area contributed by atoms with Crippen molar-refractivity contribution in [3.05, 3.63) is 52.2 Å². The summed E-state index contributed by atoms with van der Waals surface area (Å²) in [4.78, 5) is 24.4. The third kappa shape index (κ3) is 4.53. The first-order valence-corrected chi connectivity index (χ1v) is 9.62. The second kappa shape index (κ2) is 8.32. The Morgan fingerprint density at radius 3 is 2.46 bits per heavy atom. The molecule has 3 rings (SSSR count). The van der Waals surface area contributed by atoms with Crippen LogP contribution in [-0.2, 0) is 25.9 Å². The lowest BCUT2D eigenvalue weighted by atomic mass is 9.75. The molecule has 2 heterocycles. The number of carbonyl (C=O) groups is 2. The molecule has 9 heteroatoms. The molecular weight excluding hydrogens is 393 g/mol. The highest BCUT2D eigenvalue weighted by atomic mass is 32.1. The zero-order chi connectivity index (χ0) is 20.2. The number of hydrogen-bond donors (Lipinski definition) is 2. The Balaban J connectivity index is 1.67. The normalized spacial score (nSPS) is 16.4. The first-order valence-electron chi connectivity index (χ1n) is 8.68. The summed E-state index contributed by atoms with van der Waals surface area (Å²) in [5, 5.41) is 8.57. The Morgan fingerprint density at radius 2 is 1.82 bits per heavy atom. The molecule has 2 N–H and O–H groups in total. The summed E-state index contributed by atoms with van der Waals surface area (Å²) in [5.41, 5.74) is -0.744. The van der Waals surface area contributed by atoms with E-state index in [2.05, 4.69) is 10.6 Å². The predicted octanol–water partition coefficient (Wildman–Crippen LogP) is 3.57.